The molecule has 5 aliphatic rings. The smallest absolute Gasteiger partial charge is 0.159 e. The van der Waals surface area contributed by atoms with Gasteiger partial charge in [-0.1, -0.05) is 0 Å². The predicted molar refractivity (Wildman–Crippen MR) is 119 cm³/mol. The lowest BCUT2D eigenvalue weighted by molar-refractivity contribution is -0.0754. The third-order valence-electron chi connectivity index (χ3n) is 9.17. The summed E-state index contributed by atoms with van der Waals surface area (Å²) in [6, 6.07) is 8.16. The molecule has 3 aliphatic carbocycles. The van der Waals surface area contributed by atoms with Crippen molar-refractivity contribution < 1.29 is 9.50 Å². The van der Waals surface area contributed by atoms with Crippen LogP contribution in [0.1, 0.15) is 51.5 Å². The highest BCUT2D eigenvalue weighted by Crippen LogP contribution is 2.78. The average molecular weight is 445 g/mol. The SMILES string of the molecule is CC(C)(O)C12CC(C1)N(c1cc(-n3ncc4c(F)cc([C@@]5(C#N)CC56CC6)cc43)ncn1)C2. The zero-order chi connectivity index (χ0) is 22.8. The van der Waals surface area contributed by atoms with Crippen molar-refractivity contribution in [1.82, 2.24) is 19.7 Å². The molecule has 2 bridgehead atoms. The van der Waals surface area contributed by atoms with Crippen molar-refractivity contribution in [1.29, 1.82) is 5.26 Å². The molecule has 1 spiro atoms. The molecule has 0 amide bonds. The van der Waals surface area contributed by atoms with Crippen LogP contribution in [0.2, 0.25) is 0 Å². The molecule has 5 fully saturated rings. The Morgan fingerprint density at radius 3 is 2.58 bits per heavy atom. The number of nitrogens with zero attached hydrogens (tertiary/aromatic N) is 6. The minimum absolute atomic E-state index is 0.0573. The lowest BCUT2D eigenvalue weighted by atomic mass is 9.61. The first-order valence-electron chi connectivity index (χ1n) is 11.6. The van der Waals surface area contributed by atoms with E-state index in [1.165, 1.54) is 18.6 Å². The number of aromatic nitrogens is 4. The van der Waals surface area contributed by atoms with Gasteiger partial charge in [0.15, 0.2) is 5.82 Å². The Hall–Kier alpha value is -3.05. The van der Waals surface area contributed by atoms with Gasteiger partial charge in [-0.15, -0.1) is 0 Å². The maximum absolute atomic E-state index is 15.1. The maximum Gasteiger partial charge on any atom is 0.159 e. The number of hydrogen-bond donors (Lipinski definition) is 1. The molecule has 4 heterocycles. The summed E-state index contributed by atoms with van der Waals surface area (Å²) in [6.07, 6.45) is 7.83. The molecular formula is C25H25FN6O. The Bertz CT molecular complexity index is 1370. The van der Waals surface area contributed by atoms with Gasteiger partial charge in [-0.05, 0) is 69.1 Å². The zero-order valence-electron chi connectivity index (χ0n) is 18.7. The fourth-order valence-corrected chi connectivity index (χ4v) is 6.58. The van der Waals surface area contributed by atoms with E-state index in [2.05, 4.69) is 26.0 Å². The fraction of sp³-hybridized carbons (Fsp3) is 0.520. The first kappa shape index (κ1) is 19.4. The summed E-state index contributed by atoms with van der Waals surface area (Å²) in [7, 11) is 0. The van der Waals surface area contributed by atoms with E-state index in [4.69, 9.17) is 0 Å². The highest BCUT2D eigenvalue weighted by Gasteiger charge is 2.75. The van der Waals surface area contributed by atoms with Crippen LogP contribution in [0.15, 0.2) is 30.7 Å². The summed E-state index contributed by atoms with van der Waals surface area (Å²) >= 11 is 0. The van der Waals surface area contributed by atoms with Crippen LogP contribution < -0.4 is 4.90 Å². The van der Waals surface area contributed by atoms with Crippen molar-refractivity contribution in [2.75, 3.05) is 11.4 Å². The van der Waals surface area contributed by atoms with E-state index in [1.54, 1.807) is 4.68 Å². The largest absolute Gasteiger partial charge is 0.390 e. The van der Waals surface area contributed by atoms with Crippen molar-refractivity contribution >= 4 is 16.7 Å². The molecule has 8 heteroatoms. The highest BCUT2D eigenvalue weighted by atomic mass is 19.1. The summed E-state index contributed by atoms with van der Waals surface area (Å²) in [4.78, 5) is 11.2. The second-order valence-electron chi connectivity index (χ2n) is 11.2. The number of nitriles is 1. The Morgan fingerprint density at radius 1 is 1.18 bits per heavy atom. The van der Waals surface area contributed by atoms with E-state index < -0.39 is 11.0 Å². The van der Waals surface area contributed by atoms with Gasteiger partial charge in [0.2, 0.25) is 0 Å². The molecule has 1 N–H and O–H groups in total. The Balaban J connectivity index is 1.28. The molecule has 0 unspecified atom stereocenters. The van der Waals surface area contributed by atoms with Crippen molar-refractivity contribution in [3.05, 3.63) is 42.1 Å². The van der Waals surface area contributed by atoms with Gasteiger partial charge in [0.1, 0.15) is 18.0 Å². The zero-order valence-corrected chi connectivity index (χ0v) is 18.7. The van der Waals surface area contributed by atoms with Crippen LogP contribution in [-0.2, 0) is 5.41 Å². The molecule has 0 radical (unpaired) electrons. The van der Waals surface area contributed by atoms with Gasteiger partial charge in [0.05, 0.1) is 34.2 Å². The monoisotopic (exact) mass is 444 g/mol. The molecule has 3 aromatic rings. The number of rotatable bonds is 4. The molecule has 33 heavy (non-hydrogen) atoms. The Kier molecular flexibility index (Phi) is 3.36. The van der Waals surface area contributed by atoms with E-state index in [-0.39, 0.29) is 16.6 Å². The van der Waals surface area contributed by atoms with E-state index in [0.717, 1.165) is 50.0 Å². The molecule has 1 atom stereocenters. The lowest BCUT2D eigenvalue weighted by Crippen LogP contribution is -2.50. The van der Waals surface area contributed by atoms with Gasteiger partial charge in [0.25, 0.3) is 0 Å². The van der Waals surface area contributed by atoms with Gasteiger partial charge in [-0.25, -0.2) is 19.0 Å². The lowest BCUT2D eigenvalue weighted by Gasteiger charge is -2.45. The first-order valence-corrected chi connectivity index (χ1v) is 11.6. The molecule has 168 valence electrons. The van der Waals surface area contributed by atoms with Crippen molar-refractivity contribution in [3.8, 4) is 11.9 Å². The number of anilines is 1. The normalized spacial score (nSPS) is 31.0. The number of halogens is 1. The molecule has 2 aliphatic heterocycles. The number of fused-ring (bicyclic) bond motifs is 2. The van der Waals surface area contributed by atoms with Crippen LogP contribution in [0, 0.1) is 28.0 Å². The van der Waals surface area contributed by atoms with E-state index in [0.29, 0.717) is 22.8 Å². The second kappa shape index (κ2) is 5.71. The van der Waals surface area contributed by atoms with E-state index in [1.807, 2.05) is 26.0 Å². The minimum Gasteiger partial charge on any atom is -0.390 e. The summed E-state index contributed by atoms with van der Waals surface area (Å²) < 4.78 is 16.7. The van der Waals surface area contributed by atoms with Crippen molar-refractivity contribution in [2.24, 2.45) is 10.8 Å². The number of aliphatic hydroxyl groups is 1. The highest BCUT2D eigenvalue weighted by molar-refractivity contribution is 5.82. The third-order valence-corrected chi connectivity index (χ3v) is 9.17. The third kappa shape index (κ3) is 2.33. The van der Waals surface area contributed by atoms with Crippen LogP contribution >= 0.6 is 0 Å². The second-order valence-corrected chi connectivity index (χ2v) is 11.2. The van der Waals surface area contributed by atoms with Crippen LogP contribution in [-0.4, -0.2) is 43.0 Å². The molecule has 7 nitrogen and oxygen atoms in total. The van der Waals surface area contributed by atoms with Crippen LogP contribution in [0.5, 0.6) is 0 Å². The predicted octanol–water partition coefficient (Wildman–Crippen LogP) is 3.64. The molecule has 2 aromatic heterocycles. The quantitative estimate of drug-likeness (QED) is 0.661. The van der Waals surface area contributed by atoms with Crippen molar-refractivity contribution in [2.45, 2.75) is 63.0 Å². The fourth-order valence-electron chi connectivity index (χ4n) is 6.58. The van der Waals surface area contributed by atoms with E-state index in [9.17, 15) is 10.4 Å². The van der Waals surface area contributed by atoms with Crippen LogP contribution in [0.25, 0.3) is 16.7 Å². The Labute approximate surface area is 190 Å². The topological polar surface area (TPSA) is 90.9 Å². The van der Waals surface area contributed by atoms with Crippen molar-refractivity contribution in [3.63, 3.8) is 0 Å². The van der Waals surface area contributed by atoms with Gasteiger partial charge in [0, 0.05) is 24.1 Å². The Morgan fingerprint density at radius 2 is 1.94 bits per heavy atom. The van der Waals surface area contributed by atoms with Gasteiger partial charge in [-0.3, -0.25) is 0 Å². The first-order chi connectivity index (χ1) is 15.7. The number of benzene rings is 1. The maximum atomic E-state index is 15.1. The van der Waals surface area contributed by atoms with Gasteiger partial charge in [-0.2, -0.15) is 10.4 Å². The molecular weight excluding hydrogens is 419 g/mol. The minimum atomic E-state index is -0.737. The summed E-state index contributed by atoms with van der Waals surface area (Å²) in [5, 5.41) is 25.4. The van der Waals surface area contributed by atoms with E-state index >= 15 is 4.39 Å². The number of hydrogen-bond acceptors (Lipinski definition) is 6. The van der Waals surface area contributed by atoms with Gasteiger partial charge >= 0.3 is 0 Å². The summed E-state index contributed by atoms with van der Waals surface area (Å²) in [5.74, 6) is 1.00. The van der Waals surface area contributed by atoms with Crippen LogP contribution in [0.4, 0.5) is 10.2 Å². The molecule has 2 saturated heterocycles. The van der Waals surface area contributed by atoms with Crippen LogP contribution in [0.3, 0.4) is 0 Å². The standard InChI is InChI=1S/C25H25FN6O/c1-22(2,33)24-8-16(9-24)31(13-24)20-7-21(29-14-28-20)32-19-6-15(5-18(26)17(19)10-30-32)25(12-27)11-23(25)3-4-23/h5-7,10,14,16,33H,3-4,8-9,11,13H2,1-2H3/t16?,24?,25-/m0/s1. The molecule has 1 aromatic carbocycles. The summed E-state index contributed by atoms with van der Waals surface area (Å²) in [5.41, 5.74) is 0.00574. The molecule has 3 saturated carbocycles. The average Bonchev–Trinajstić information content (AvgIpc) is 3.44. The summed E-state index contributed by atoms with van der Waals surface area (Å²) in [6.45, 7) is 4.53. The van der Waals surface area contributed by atoms with Gasteiger partial charge < -0.3 is 10.0 Å². The molecule has 8 rings (SSSR count).